The molecule has 0 aromatic rings. The van der Waals surface area contributed by atoms with E-state index in [1.165, 1.54) is 21.3 Å². The molecule has 0 aliphatic rings. The zero-order valence-electron chi connectivity index (χ0n) is 11.6. The Labute approximate surface area is 106 Å². The Kier molecular flexibility index (Phi) is 8.42. The van der Waals surface area contributed by atoms with Gasteiger partial charge in [-0.15, -0.1) is 0 Å². The summed E-state index contributed by atoms with van der Waals surface area (Å²) in [6.07, 6.45) is 0. The highest BCUT2D eigenvalue weighted by molar-refractivity contribution is 7.26. The summed E-state index contributed by atoms with van der Waals surface area (Å²) in [7, 11) is -1.61. The van der Waals surface area contributed by atoms with E-state index in [-0.39, 0.29) is 0 Å². The van der Waals surface area contributed by atoms with Crippen molar-refractivity contribution in [3.63, 3.8) is 0 Å². The van der Waals surface area contributed by atoms with Crippen LogP contribution in [0, 0.1) is 0 Å². The molecule has 0 heterocycles. The van der Waals surface area contributed by atoms with E-state index >= 15 is 0 Å². The third-order valence-electron chi connectivity index (χ3n) is 2.18. The molecule has 0 N–H and O–H groups in total. The van der Waals surface area contributed by atoms with Crippen molar-refractivity contribution in [3.05, 3.63) is 0 Å². The van der Waals surface area contributed by atoms with E-state index < -0.39 is 16.6 Å². The van der Waals surface area contributed by atoms with Gasteiger partial charge in [0.1, 0.15) is 0 Å². The number of hydrogen-bond acceptors (Lipinski definition) is 6. The fraction of sp³-hybridized carbons (Fsp3) is 1.00. The van der Waals surface area contributed by atoms with Crippen LogP contribution in [0.25, 0.3) is 0 Å². The van der Waals surface area contributed by atoms with Gasteiger partial charge in [-0.1, -0.05) is 0 Å². The van der Waals surface area contributed by atoms with E-state index in [2.05, 4.69) is 0 Å². The molecule has 104 valence electrons. The highest BCUT2D eigenvalue weighted by Gasteiger charge is 2.71. The summed E-state index contributed by atoms with van der Waals surface area (Å²) in [5.74, 6) is 0. The van der Waals surface area contributed by atoms with Gasteiger partial charge in [0.2, 0.25) is 0 Å². The minimum atomic E-state index is -3.10. The summed E-state index contributed by atoms with van der Waals surface area (Å²) in [6.45, 7) is 6.99. The largest absolute Gasteiger partial charge is 0.577 e. The van der Waals surface area contributed by atoms with Crippen LogP contribution in [0.15, 0.2) is 0 Å². The lowest BCUT2D eigenvalue weighted by atomic mass is 10.9. The average molecular weight is 284 g/mol. The highest BCUT2D eigenvalue weighted by Crippen LogP contribution is 2.25. The predicted octanol–water partition coefficient (Wildman–Crippen LogP) is 0.991. The van der Waals surface area contributed by atoms with Gasteiger partial charge in [0.15, 0.2) is 0 Å². The summed E-state index contributed by atoms with van der Waals surface area (Å²) in [6, 6.07) is 0. The fourth-order valence-corrected chi connectivity index (χ4v) is 9.90. The molecule has 17 heavy (non-hydrogen) atoms. The second-order valence-electron chi connectivity index (χ2n) is 3.02. The van der Waals surface area contributed by atoms with Crippen molar-refractivity contribution in [2.75, 3.05) is 41.2 Å². The van der Waals surface area contributed by atoms with Crippen molar-refractivity contribution in [1.29, 1.82) is 0 Å². The Hall–Kier alpha value is 0.194. The second-order valence-corrected chi connectivity index (χ2v) is 11.0. The second kappa shape index (κ2) is 8.32. The van der Waals surface area contributed by atoms with Crippen molar-refractivity contribution in [2.24, 2.45) is 0 Å². The molecule has 0 radical (unpaired) electrons. The lowest BCUT2D eigenvalue weighted by Gasteiger charge is -2.37. The third-order valence-corrected chi connectivity index (χ3v) is 11.9. The van der Waals surface area contributed by atoms with E-state index in [0.29, 0.717) is 19.8 Å². The van der Waals surface area contributed by atoms with Gasteiger partial charge in [0.25, 0.3) is 0 Å². The first kappa shape index (κ1) is 17.2. The zero-order valence-corrected chi connectivity index (χ0v) is 13.6. The van der Waals surface area contributed by atoms with Gasteiger partial charge in [-0.25, -0.2) is 0 Å². The zero-order chi connectivity index (χ0) is 13.4. The maximum atomic E-state index is 5.73. The van der Waals surface area contributed by atoms with Crippen LogP contribution in [0.2, 0.25) is 0 Å². The Morgan fingerprint density at radius 1 is 0.588 bits per heavy atom. The van der Waals surface area contributed by atoms with Crippen molar-refractivity contribution in [1.82, 2.24) is 0 Å². The molecule has 0 amide bonds. The third kappa shape index (κ3) is 3.58. The van der Waals surface area contributed by atoms with Gasteiger partial charge in [-0.05, 0) is 20.8 Å². The summed E-state index contributed by atoms with van der Waals surface area (Å²) < 4.78 is 33.5. The first-order chi connectivity index (χ1) is 8.11. The smallest absolute Gasteiger partial charge is 0.375 e. The van der Waals surface area contributed by atoms with Crippen molar-refractivity contribution in [2.45, 2.75) is 20.8 Å². The van der Waals surface area contributed by atoms with Crippen molar-refractivity contribution in [3.8, 4) is 0 Å². The molecule has 0 spiro atoms. The van der Waals surface area contributed by atoms with Gasteiger partial charge in [-0.3, -0.25) is 0 Å². The molecular formula is C9H24O6Si2. The molecule has 0 bridgehead atoms. The van der Waals surface area contributed by atoms with E-state index in [1.807, 2.05) is 20.8 Å². The van der Waals surface area contributed by atoms with Crippen LogP contribution >= 0.6 is 0 Å². The lowest BCUT2D eigenvalue weighted by molar-refractivity contribution is 0.0425. The van der Waals surface area contributed by atoms with Gasteiger partial charge >= 0.3 is 16.6 Å². The maximum absolute atomic E-state index is 5.73. The van der Waals surface area contributed by atoms with Crippen LogP contribution in [0.1, 0.15) is 20.8 Å². The van der Waals surface area contributed by atoms with E-state index in [9.17, 15) is 0 Å². The average Bonchev–Trinajstić information content (AvgIpc) is 2.33. The van der Waals surface area contributed by atoms with Crippen LogP contribution in [0.4, 0.5) is 0 Å². The predicted molar refractivity (Wildman–Crippen MR) is 67.4 cm³/mol. The van der Waals surface area contributed by atoms with Gasteiger partial charge < -0.3 is 26.6 Å². The fourth-order valence-electron chi connectivity index (χ4n) is 1.59. The van der Waals surface area contributed by atoms with Gasteiger partial charge in [-0.2, -0.15) is 0 Å². The number of rotatable bonds is 10. The standard InChI is InChI=1S/C9H24O6Si2/c1-7-13-17(14-8-2,15-9-3)16(10-4,11-5)12-6/h7-9H2,1-6H3. The molecule has 0 unspecified atom stereocenters. The summed E-state index contributed by atoms with van der Waals surface area (Å²) in [4.78, 5) is 0. The molecule has 0 rings (SSSR count). The molecule has 6 nitrogen and oxygen atoms in total. The van der Waals surface area contributed by atoms with E-state index in [0.717, 1.165) is 0 Å². The molecule has 0 saturated carbocycles. The molecule has 0 aliphatic heterocycles. The van der Waals surface area contributed by atoms with Crippen molar-refractivity contribution >= 4 is 16.6 Å². The van der Waals surface area contributed by atoms with Crippen LogP contribution in [-0.2, 0) is 26.6 Å². The Bertz CT molecular complexity index is 175. The van der Waals surface area contributed by atoms with E-state index in [4.69, 9.17) is 26.6 Å². The Morgan fingerprint density at radius 2 is 0.882 bits per heavy atom. The van der Waals surface area contributed by atoms with Gasteiger partial charge in [0.05, 0.1) is 0 Å². The van der Waals surface area contributed by atoms with Crippen LogP contribution in [-0.4, -0.2) is 57.8 Å². The number of hydrogen-bond donors (Lipinski definition) is 0. The SMILES string of the molecule is CCO[Si](OCC)(OCC)[Si](OC)(OC)OC. The molecule has 0 aromatic heterocycles. The summed E-state index contributed by atoms with van der Waals surface area (Å²) in [5, 5.41) is 0. The first-order valence-corrected chi connectivity index (χ1v) is 10.1. The molecule has 0 aliphatic carbocycles. The lowest BCUT2D eigenvalue weighted by Crippen LogP contribution is -2.73. The minimum absolute atomic E-state index is 0.455. The Balaban J connectivity index is 5.31. The maximum Gasteiger partial charge on any atom is 0.577 e. The first-order valence-electron chi connectivity index (χ1n) is 5.69. The summed E-state index contributed by atoms with van der Waals surface area (Å²) in [5.41, 5.74) is 0. The molecule has 0 fully saturated rings. The quantitative estimate of drug-likeness (QED) is 0.558. The minimum Gasteiger partial charge on any atom is -0.375 e. The summed E-state index contributed by atoms with van der Waals surface area (Å²) >= 11 is 0. The molecule has 0 saturated heterocycles. The monoisotopic (exact) mass is 284 g/mol. The van der Waals surface area contributed by atoms with Crippen LogP contribution in [0.5, 0.6) is 0 Å². The molecule has 0 aromatic carbocycles. The Morgan fingerprint density at radius 3 is 1.06 bits per heavy atom. The normalized spacial score (nSPS) is 13.1. The molecule has 0 atom stereocenters. The molecular weight excluding hydrogens is 260 g/mol. The van der Waals surface area contributed by atoms with Gasteiger partial charge in [0, 0.05) is 41.2 Å². The molecule has 8 heteroatoms. The topological polar surface area (TPSA) is 55.4 Å². The van der Waals surface area contributed by atoms with Crippen LogP contribution in [0.3, 0.4) is 0 Å². The highest BCUT2D eigenvalue weighted by atomic mass is 29.3. The van der Waals surface area contributed by atoms with Crippen LogP contribution < -0.4 is 0 Å². The van der Waals surface area contributed by atoms with E-state index in [1.54, 1.807) is 0 Å². The van der Waals surface area contributed by atoms with Crippen molar-refractivity contribution < 1.29 is 26.6 Å².